The van der Waals surface area contributed by atoms with Gasteiger partial charge in [-0.15, -0.1) is 0 Å². The van der Waals surface area contributed by atoms with E-state index < -0.39 is 10.0 Å². The van der Waals surface area contributed by atoms with Crippen LogP contribution in [0.1, 0.15) is 30.4 Å². The SMILES string of the molecule is CC(=O)N1CCCc2cc(S(=O)(=O)NCc3ccc(C)o3)ccc21. The predicted molar refractivity (Wildman–Crippen MR) is 90.3 cm³/mol. The van der Waals surface area contributed by atoms with E-state index in [0.29, 0.717) is 12.3 Å². The molecule has 0 spiro atoms. The van der Waals surface area contributed by atoms with Crippen LogP contribution in [0.3, 0.4) is 0 Å². The number of benzene rings is 1. The smallest absolute Gasteiger partial charge is 0.240 e. The van der Waals surface area contributed by atoms with Gasteiger partial charge in [-0.1, -0.05) is 0 Å². The Labute approximate surface area is 141 Å². The van der Waals surface area contributed by atoms with E-state index in [1.165, 1.54) is 13.0 Å². The molecule has 6 nitrogen and oxygen atoms in total. The average molecular weight is 348 g/mol. The highest BCUT2D eigenvalue weighted by Gasteiger charge is 2.23. The van der Waals surface area contributed by atoms with Gasteiger partial charge in [0.2, 0.25) is 15.9 Å². The van der Waals surface area contributed by atoms with Crippen LogP contribution in [0.4, 0.5) is 5.69 Å². The molecule has 2 heterocycles. The molecule has 1 aliphatic rings. The number of anilines is 1. The fourth-order valence-corrected chi connectivity index (χ4v) is 3.94. The summed E-state index contributed by atoms with van der Waals surface area (Å²) in [5, 5.41) is 0. The van der Waals surface area contributed by atoms with Crippen LogP contribution in [0.25, 0.3) is 0 Å². The molecule has 1 amide bonds. The van der Waals surface area contributed by atoms with Gasteiger partial charge in [0.15, 0.2) is 0 Å². The Morgan fingerprint density at radius 3 is 2.75 bits per heavy atom. The maximum absolute atomic E-state index is 12.5. The molecular formula is C17H20N2O4S. The second-order valence-electron chi connectivity index (χ2n) is 5.90. The number of rotatable bonds is 4. The lowest BCUT2D eigenvalue weighted by Gasteiger charge is -2.28. The predicted octanol–water partition coefficient (Wildman–Crippen LogP) is 2.37. The Kier molecular flexibility index (Phi) is 4.47. The minimum Gasteiger partial charge on any atom is -0.465 e. The van der Waals surface area contributed by atoms with Crippen LogP contribution in [0.15, 0.2) is 39.6 Å². The van der Waals surface area contributed by atoms with E-state index >= 15 is 0 Å². The van der Waals surface area contributed by atoms with Gasteiger partial charge in [0.25, 0.3) is 0 Å². The van der Waals surface area contributed by atoms with E-state index in [4.69, 9.17) is 4.42 Å². The lowest BCUT2D eigenvalue weighted by molar-refractivity contribution is -0.116. The van der Waals surface area contributed by atoms with Crippen molar-refractivity contribution < 1.29 is 17.6 Å². The summed E-state index contributed by atoms with van der Waals surface area (Å²) < 4.78 is 32.9. The first-order valence-corrected chi connectivity index (χ1v) is 9.31. The summed E-state index contributed by atoms with van der Waals surface area (Å²) in [5.74, 6) is 1.27. The molecule has 0 radical (unpaired) electrons. The minimum absolute atomic E-state index is 0.0297. The zero-order valence-electron chi connectivity index (χ0n) is 13.7. The number of hydrogen-bond acceptors (Lipinski definition) is 4. The van der Waals surface area contributed by atoms with Crippen LogP contribution in [-0.2, 0) is 27.8 Å². The summed E-state index contributed by atoms with van der Waals surface area (Å²) >= 11 is 0. The highest BCUT2D eigenvalue weighted by Crippen LogP contribution is 2.29. The second-order valence-corrected chi connectivity index (χ2v) is 7.67. The highest BCUT2D eigenvalue weighted by molar-refractivity contribution is 7.89. The zero-order chi connectivity index (χ0) is 17.3. The van der Waals surface area contributed by atoms with Crippen LogP contribution in [0, 0.1) is 6.92 Å². The van der Waals surface area contributed by atoms with Crippen molar-refractivity contribution in [3.63, 3.8) is 0 Å². The van der Waals surface area contributed by atoms with Gasteiger partial charge in [-0.05, 0) is 55.7 Å². The van der Waals surface area contributed by atoms with Gasteiger partial charge in [0, 0.05) is 19.2 Å². The molecule has 1 aliphatic heterocycles. The Balaban J connectivity index is 1.82. The van der Waals surface area contributed by atoms with Gasteiger partial charge in [-0.2, -0.15) is 0 Å². The van der Waals surface area contributed by atoms with Gasteiger partial charge in [-0.3, -0.25) is 4.79 Å². The van der Waals surface area contributed by atoms with E-state index in [0.717, 1.165) is 29.9 Å². The van der Waals surface area contributed by atoms with Crippen molar-refractivity contribution in [3.8, 4) is 0 Å². The molecule has 1 aromatic carbocycles. The van der Waals surface area contributed by atoms with Crippen molar-refractivity contribution in [2.75, 3.05) is 11.4 Å². The van der Waals surface area contributed by atoms with E-state index in [9.17, 15) is 13.2 Å². The van der Waals surface area contributed by atoms with Crippen LogP contribution >= 0.6 is 0 Å². The van der Waals surface area contributed by atoms with Gasteiger partial charge in [0.1, 0.15) is 11.5 Å². The van der Waals surface area contributed by atoms with E-state index in [1.54, 1.807) is 29.2 Å². The van der Waals surface area contributed by atoms with E-state index in [1.807, 2.05) is 6.92 Å². The number of amides is 1. The maximum atomic E-state index is 12.5. The van der Waals surface area contributed by atoms with Crippen LogP contribution < -0.4 is 9.62 Å². The average Bonchev–Trinajstić information content (AvgIpc) is 2.97. The number of nitrogens with zero attached hydrogens (tertiary/aromatic N) is 1. The van der Waals surface area contributed by atoms with Gasteiger partial charge >= 0.3 is 0 Å². The molecule has 128 valence electrons. The number of fused-ring (bicyclic) bond motifs is 1. The Morgan fingerprint density at radius 1 is 1.29 bits per heavy atom. The number of furan rings is 1. The molecule has 0 saturated heterocycles. The second kappa shape index (κ2) is 6.41. The molecule has 24 heavy (non-hydrogen) atoms. The van der Waals surface area contributed by atoms with Crippen LogP contribution in [-0.4, -0.2) is 20.9 Å². The number of carbonyl (C=O) groups excluding carboxylic acids is 1. The summed E-state index contributed by atoms with van der Waals surface area (Å²) in [5.41, 5.74) is 1.68. The molecule has 0 bridgehead atoms. The summed E-state index contributed by atoms with van der Waals surface area (Å²) in [6.45, 7) is 4.10. The minimum atomic E-state index is -3.63. The standard InChI is InChI=1S/C17H20N2O4S/c1-12-5-6-15(23-12)11-18-24(21,22)16-7-8-17-14(10-16)4-3-9-19(17)13(2)20/h5-8,10,18H,3-4,9,11H2,1-2H3. The van der Waals surface area contributed by atoms with Gasteiger partial charge in [-0.25, -0.2) is 13.1 Å². The number of nitrogens with one attached hydrogen (secondary N) is 1. The molecule has 0 aliphatic carbocycles. The normalized spacial score (nSPS) is 14.5. The maximum Gasteiger partial charge on any atom is 0.240 e. The number of hydrogen-bond donors (Lipinski definition) is 1. The van der Waals surface area contributed by atoms with Crippen molar-refractivity contribution in [2.45, 2.75) is 38.1 Å². The Morgan fingerprint density at radius 2 is 2.08 bits per heavy atom. The van der Waals surface area contributed by atoms with Crippen molar-refractivity contribution >= 4 is 21.6 Å². The summed E-state index contributed by atoms with van der Waals surface area (Å²) in [7, 11) is -3.63. The molecule has 1 aromatic heterocycles. The lowest BCUT2D eigenvalue weighted by Crippen LogP contribution is -2.33. The third kappa shape index (κ3) is 3.37. The molecule has 0 saturated carbocycles. The molecule has 2 aromatic rings. The Hall–Kier alpha value is -2.12. The monoisotopic (exact) mass is 348 g/mol. The first kappa shape index (κ1) is 16.7. The zero-order valence-corrected chi connectivity index (χ0v) is 14.5. The number of aryl methyl sites for hydroxylation is 2. The van der Waals surface area contributed by atoms with Crippen molar-refractivity contribution in [1.82, 2.24) is 4.72 Å². The fourth-order valence-electron chi connectivity index (χ4n) is 2.90. The fraction of sp³-hybridized carbons (Fsp3) is 0.353. The molecule has 0 atom stereocenters. The third-order valence-electron chi connectivity index (χ3n) is 4.09. The molecule has 0 fully saturated rings. The number of sulfonamides is 1. The molecule has 7 heteroatoms. The first-order chi connectivity index (χ1) is 11.4. The number of carbonyl (C=O) groups is 1. The first-order valence-electron chi connectivity index (χ1n) is 7.83. The van der Waals surface area contributed by atoms with Crippen molar-refractivity contribution in [2.24, 2.45) is 0 Å². The van der Waals surface area contributed by atoms with Gasteiger partial charge < -0.3 is 9.32 Å². The quantitative estimate of drug-likeness (QED) is 0.920. The van der Waals surface area contributed by atoms with Crippen molar-refractivity contribution in [3.05, 3.63) is 47.4 Å². The molecule has 3 rings (SSSR count). The largest absolute Gasteiger partial charge is 0.465 e. The third-order valence-corrected chi connectivity index (χ3v) is 5.49. The summed E-state index contributed by atoms with van der Waals surface area (Å²) in [6, 6.07) is 8.44. The van der Waals surface area contributed by atoms with E-state index in [-0.39, 0.29) is 17.3 Å². The molecule has 1 N–H and O–H groups in total. The van der Waals surface area contributed by atoms with E-state index in [2.05, 4.69) is 4.72 Å². The van der Waals surface area contributed by atoms with Gasteiger partial charge in [0.05, 0.1) is 11.4 Å². The van der Waals surface area contributed by atoms with Crippen LogP contribution in [0.2, 0.25) is 0 Å². The molecular weight excluding hydrogens is 328 g/mol. The van der Waals surface area contributed by atoms with Crippen LogP contribution in [0.5, 0.6) is 0 Å². The molecule has 0 unspecified atom stereocenters. The Bertz CT molecular complexity index is 870. The lowest BCUT2D eigenvalue weighted by atomic mass is 10.0. The summed E-state index contributed by atoms with van der Waals surface area (Å²) in [4.78, 5) is 13.6. The van der Waals surface area contributed by atoms with Crippen molar-refractivity contribution in [1.29, 1.82) is 0 Å². The summed E-state index contributed by atoms with van der Waals surface area (Å²) in [6.07, 6.45) is 1.59. The topological polar surface area (TPSA) is 79.6 Å². The highest BCUT2D eigenvalue weighted by atomic mass is 32.2.